The van der Waals surface area contributed by atoms with Crippen LogP contribution >= 0.6 is 11.6 Å². The van der Waals surface area contributed by atoms with Gasteiger partial charge in [0.05, 0.1) is 0 Å². The molecule has 0 amide bonds. The van der Waals surface area contributed by atoms with Crippen LogP contribution in [0.1, 0.15) is 27.7 Å². The highest BCUT2D eigenvalue weighted by molar-refractivity contribution is 6.31. The maximum atomic E-state index is 6.07. The molecule has 0 aliphatic carbocycles. The van der Waals surface area contributed by atoms with Crippen molar-refractivity contribution < 1.29 is 0 Å². The van der Waals surface area contributed by atoms with Crippen LogP contribution in [0.3, 0.4) is 0 Å². The summed E-state index contributed by atoms with van der Waals surface area (Å²) >= 11 is 6.07. The van der Waals surface area contributed by atoms with Gasteiger partial charge in [0.25, 0.3) is 0 Å². The van der Waals surface area contributed by atoms with Gasteiger partial charge in [-0.05, 0) is 46.4 Å². The molecule has 0 fully saturated rings. The van der Waals surface area contributed by atoms with Crippen molar-refractivity contribution in [1.82, 2.24) is 20.2 Å². The highest BCUT2D eigenvalue weighted by Gasteiger charge is 2.21. The molecule has 114 valence electrons. The summed E-state index contributed by atoms with van der Waals surface area (Å²) in [7, 11) is 0. The molecule has 1 aromatic carbocycles. The molecule has 1 heterocycles. The van der Waals surface area contributed by atoms with E-state index in [9.17, 15) is 0 Å². The van der Waals surface area contributed by atoms with Gasteiger partial charge < -0.3 is 5.73 Å². The number of nitrogens with two attached hydrogens (primary N) is 1. The largest absolute Gasteiger partial charge is 0.399 e. The van der Waals surface area contributed by atoms with E-state index >= 15 is 0 Å². The van der Waals surface area contributed by atoms with E-state index in [1.54, 1.807) is 6.07 Å². The number of nitrogen functional groups attached to an aromatic ring is 1. The van der Waals surface area contributed by atoms with E-state index in [1.165, 1.54) is 0 Å². The third kappa shape index (κ3) is 3.73. The number of rotatable bonds is 5. The fourth-order valence-electron chi connectivity index (χ4n) is 2.67. The van der Waals surface area contributed by atoms with Crippen LogP contribution in [0, 0.1) is 17.8 Å². The Kier molecular flexibility index (Phi) is 4.83. The number of halogens is 1. The number of anilines is 1. The first-order valence-electron chi connectivity index (χ1n) is 7.21. The topological polar surface area (TPSA) is 69.6 Å². The molecule has 0 aliphatic heterocycles. The lowest BCUT2D eigenvalue weighted by atomic mass is 9.85. The van der Waals surface area contributed by atoms with Gasteiger partial charge in [0.1, 0.15) is 0 Å². The molecule has 2 rings (SSSR count). The van der Waals surface area contributed by atoms with Gasteiger partial charge in [-0.25, -0.2) is 4.68 Å². The summed E-state index contributed by atoms with van der Waals surface area (Å²) in [6.45, 7) is 9.69. The van der Waals surface area contributed by atoms with Crippen molar-refractivity contribution in [3.05, 3.63) is 23.2 Å². The summed E-state index contributed by atoms with van der Waals surface area (Å²) in [4.78, 5) is 0. The molecule has 0 spiro atoms. The van der Waals surface area contributed by atoms with Gasteiger partial charge in [-0.2, -0.15) is 0 Å². The second kappa shape index (κ2) is 6.43. The normalized spacial score (nSPS) is 11.8. The molecule has 0 saturated heterocycles. The molecule has 0 aliphatic rings. The minimum atomic E-state index is 0.504. The zero-order valence-electron chi connectivity index (χ0n) is 12.9. The van der Waals surface area contributed by atoms with Crippen molar-refractivity contribution in [3.8, 4) is 11.4 Å². The lowest BCUT2D eigenvalue weighted by Crippen LogP contribution is -2.23. The molecule has 5 nitrogen and oxygen atoms in total. The first kappa shape index (κ1) is 15.8. The van der Waals surface area contributed by atoms with Gasteiger partial charge in [0.2, 0.25) is 0 Å². The first-order valence-corrected chi connectivity index (χ1v) is 7.59. The van der Waals surface area contributed by atoms with E-state index in [4.69, 9.17) is 17.3 Å². The van der Waals surface area contributed by atoms with Crippen LogP contribution in [0.15, 0.2) is 18.2 Å². The smallest absolute Gasteiger partial charge is 0.182 e. The quantitative estimate of drug-likeness (QED) is 0.858. The highest BCUT2D eigenvalue weighted by atomic mass is 35.5. The third-order valence-electron chi connectivity index (χ3n) is 3.81. The standard InChI is InChI=1S/C15H22ClN5/c1-9(2)14(10(3)4)8-21-15(18-19-20-21)11-5-12(16)7-13(17)6-11/h5-7,9-10,14H,8,17H2,1-4H3. The molecule has 0 unspecified atom stereocenters. The minimum Gasteiger partial charge on any atom is -0.399 e. The Bertz CT molecular complexity index is 578. The number of benzene rings is 1. The second-order valence-corrected chi connectivity index (χ2v) is 6.55. The van der Waals surface area contributed by atoms with Crippen LogP contribution < -0.4 is 5.73 Å². The lowest BCUT2D eigenvalue weighted by Gasteiger charge is -2.24. The van der Waals surface area contributed by atoms with E-state index < -0.39 is 0 Å². The van der Waals surface area contributed by atoms with Gasteiger partial charge in [0.15, 0.2) is 5.82 Å². The molecule has 0 atom stereocenters. The van der Waals surface area contributed by atoms with Gasteiger partial charge in [-0.1, -0.05) is 39.3 Å². The summed E-state index contributed by atoms with van der Waals surface area (Å²) in [6.07, 6.45) is 0. The van der Waals surface area contributed by atoms with E-state index in [2.05, 4.69) is 43.2 Å². The van der Waals surface area contributed by atoms with Gasteiger partial charge >= 0.3 is 0 Å². The number of tetrazole rings is 1. The molecule has 6 heteroatoms. The zero-order chi connectivity index (χ0) is 15.6. The number of aromatic nitrogens is 4. The van der Waals surface area contributed by atoms with Crippen molar-refractivity contribution in [1.29, 1.82) is 0 Å². The van der Waals surface area contributed by atoms with Gasteiger partial charge in [-0.15, -0.1) is 5.10 Å². The predicted octanol–water partition coefficient (Wildman–Crippen LogP) is 3.50. The predicted molar refractivity (Wildman–Crippen MR) is 85.8 cm³/mol. The van der Waals surface area contributed by atoms with Gasteiger partial charge in [0, 0.05) is 22.8 Å². The molecule has 1 aromatic heterocycles. The number of hydrogen-bond acceptors (Lipinski definition) is 4. The van der Waals surface area contributed by atoms with Crippen molar-refractivity contribution in [2.45, 2.75) is 34.2 Å². The molecule has 0 saturated carbocycles. The number of hydrogen-bond donors (Lipinski definition) is 1. The Labute approximate surface area is 130 Å². The highest BCUT2D eigenvalue weighted by Crippen LogP contribution is 2.27. The molecular weight excluding hydrogens is 286 g/mol. The average molecular weight is 308 g/mol. The van der Waals surface area contributed by atoms with Crippen LogP contribution in [-0.2, 0) is 6.54 Å². The van der Waals surface area contributed by atoms with Crippen LogP contribution in [-0.4, -0.2) is 20.2 Å². The summed E-state index contributed by atoms with van der Waals surface area (Å²) < 4.78 is 1.84. The number of nitrogens with zero attached hydrogens (tertiary/aromatic N) is 4. The monoisotopic (exact) mass is 307 g/mol. The fraction of sp³-hybridized carbons (Fsp3) is 0.533. The summed E-state index contributed by atoms with van der Waals surface area (Å²) in [6, 6.07) is 5.39. The molecular formula is C15H22ClN5. The van der Waals surface area contributed by atoms with E-state index in [1.807, 2.05) is 16.8 Å². The molecule has 0 bridgehead atoms. The Balaban J connectivity index is 2.34. The average Bonchev–Trinajstić information content (AvgIpc) is 2.81. The lowest BCUT2D eigenvalue weighted by molar-refractivity contribution is 0.242. The Hall–Kier alpha value is -1.62. The maximum Gasteiger partial charge on any atom is 0.182 e. The second-order valence-electron chi connectivity index (χ2n) is 6.11. The summed E-state index contributed by atoms with van der Waals surface area (Å²) in [5.41, 5.74) is 7.30. The zero-order valence-corrected chi connectivity index (χ0v) is 13.7. The molecule has 2 N–H and O–H groups in total. The van der Waals surface area contributed by atoms with Crippen molar-refractivity contribution >= 4 is 17.3 Å². The SMILES string of the molecule is CC(C)C(Cn1nnnc1-c1cc(N)cc(Cl)c1)C(C)C. The maximum absolute atomic E-state index is 6.07. The minimum absolute atomic E-state index is 0.504. The fourth-order valence-corrected chi connectivity index (χ4v) is 2.91. The van der Waals surface area contributed by atoms with E-state index in [0.717, 1.165) is 12.1 Å². The Morgan fingerprint density at radius 3 is 2.38 bits per heavy atom. The van der Waals surface area contributed by atoms with Crippen molar-refractivity contribution in [2.24, 2.45) is 17.8 Å². The molecule has 0 radical (unpaired) electrons. The van der Waals surface area contributed by atoms with Crippen molar-refractivity contribution in [2.75, 3.05) is 5.73 Å². The van der Waals surface area contributed by atoms with Crippen LogP contribution in [0.25, 0.3) is 11.4 Å². The van der Waals surface area contributed by atoms with E-state index in [-0.39, 0.29) is 0 Å². The molecule has 2 aromatic rings. The summed E-state index contributed by atoms with van der Waals surface area (Å²) in [5, 5.41) is 12.7. The summed E-state index contributed by atoms with van der Waals surface area (Å²) in [5.74, 6) is 2.33. The van der Waals surface area contributed by atoms with Crippen LogP contribution in [0.2, 0.25) is 5.02 Å². The third-order valence-corrected chi connectivity index (χ3v) is 4.02. The van der Waals surface area contributed by atoms with E-state index in [0.29, 0.717) is 34.3 Å². The molecule has 21 heavy (non-hydrogen) atoms. The Morgan fingerprint density at radius 1 is 1.14 bits per heavy atom. The van der Waals surface area contributed by atoms with Crippen molar-refractivity contribution in [3.63, 3.8) is 0 Å². The Morgan fingerprint density at radius 2 is 1.81 bits per heavy atom. The first-order chi connectivity index (χ1) is 9.88. The van der Waals surface area contributed by atoms with Gasteiger partial charge in [-0.3, -0.25) is 0 Å². The van der Waals surface area contributed by atoms with Crippen LogP contribution in [0.5, 0.6) is 0 Å². The van der Waals surface area contributed by atoms with Crippen LogP contribution in [0.4, 0.5) is 5.69 Å².